The number of nitrogens with one attached hydrogen (secondary N) is 1. The zero-order valence-electron chi connectivity index (χ0n) is 13.2. The molecule has 2 aliphatic rings. The van der Waals surface area contributed by atoms with Gasteiger partial charge in [0.1, 0.15) is 6.54 Å². The average Bonchev–Trinajstić information content (AvgIpc) is 2.96. The van der Waals surface area contributed by atoms with E-state index in [0.29, 0.717) is 5.70 Å². The molecule has 0 spiro atoms. The van der Waals surface area contributed by atoms with Gasteiger partial charge in [0.15, 0.2) is 0 Å². The second-order valence-corrected chi connectivity index (χ2v) is 6.46. The van der Waals surface area contributed by atoms with E-state index in [1.165, 1.54) is 11.1 Å². The van der Waals surface area contributed by atoms with E-state index in [1.807, 2.05) is 32.0 Å². The molecule has 124 valence electrons. The Balaban J connectivity index is 1.90. The molecule has 0 fully saturated rings. The fourth-order valence-electron chi connectivity index (χ4n) is 3.12. The molecule has 4 nitrogen and oxygen atoms in total. The Labute approximate surface area is 132 Å². The molecule has 0 radical (unpaired) electrons. The van der Waals surface area contributed by atoms with Crippen LogP contribution in [0.5, 0.6) is 0 Å². The SMILES string of the molecule is CN1C(=O)C(C)(C)c2ccc(C3=CN(CC(F)(F)F)CN3)cc21. The number of hydrogen-bond donors (Lipinski definition) is 1. The number of hydrogen-bond acceptors (Lipinski definition) is 3. The Morgan fingerprint density at radius 3 is 2.65 bits per heavy atom. The third-order valence-electron chi connectivity index (χ3n) is 4.35. The molecule has 0 aliphatic carbocycles. The fraction of sp³-hybridized carbons (Fsp3) is 0.438. The van der Waals surface area contributed by atoms with Crippen LogP contribution in [-0.2, 0) is 10.2 Å². The number of fused-ring (bicyclic) bond motifs is 1. The predicted octanol–water partition coefficient (Wildman–Crippen LogP) is 2.66. The summed E-state index contributed by atoms with van der Waals surface area (Å²) in [4.78, 5) is 15.1. The lowest BCUT2D eigenvalue weighted by Gasteiger charge is -2.16. The molecule has 1 N–H and O–H groups in total. The van der Waals surface area contributed by atoms with Crippen molar-refractivity contribution in [1.29, 1.82) is 0 Å². The van der Waals surface area contributed by atoms with E-state index >= 15 is 0 Å². The highest BCUT2D eigenvalue weighted by Crippen LogP contribution is 2.41. The number of halogens is 3. The Bertz CT molecular complexity index is 694. The third-order valence-corrected chi connectivity index (χ3v) is 4.35. The molecule has 2 aliphatic heterocycles. The van der Waals surface area contributed by atoms with Gasteiger partial charge in [0.05, 0.1) is 17.8 Å². The largest absolute Gasteiger partial charge is 0.405 e. The quantitative estimate of drug-likeness (QED) is 0.908. The highest BCUT2D eigenvalue weighted by molar-refractivity contribution is 6.07. The molecule has 0 saturated heterocycles. The fourth-order valence-corrected chi connectivity index (χ4v) is 3.12. The monoisotopic (exact) mass is 325 g/mol. The first-order valence-electron chi connectivity index (χ1n) is 7.29. The van der Waals surface area contributed by atoms with E-state index in [2.05, 4.69) is 5.32 Å². The number of nitrogens with zero attached hydrogens (tertiary/aromatic N) is 2. The lowest BCUT2D eigenvalue weighted by molar-refractivity contribution is -0.139. The van der Waals surface area contributed by atoms with E-state index in [0.717, 1.165) is 16.8 Å². The summed E-state index contributed by atoms with van der Waals surface area (Å²) in [5.74, 6) is 0.0108. The Morgan fingerprint density at radius 1 is 1.30 bits per heavy atom. The number of benzene rings is 1. The molecule has 0 saturated carbocycles. The maximum Gasteiger partial charge on any atom is 0.405 e. The molecule has 7 heteroatoms. The van der Waals surface area contributed by atoms with Crippen LogP contribution in [0, 0.1) is 0 Å². The first-order chi connectivity index (χ1) is 10.6. The van der Waals surface area contributed by atoms with Gasteiger partial charge in [0, 0.05) is 24.5 Å². The van der Waals surface area contributed by atoms with Crippen LogP contribution in [0.15, 0.2) is 24.4 Å². The Morgan fingerprint density at radius 2 is 2.00 bits per heavy atom. The maximum absolute atomic E-state index is 12.5. The summed E-state index contributed by atoms with van der Waals surface area (Å²) < 4.78 is 37.4. The van der Waals surface area contributed by atoms with Gasteiger partial charge in [-0.1, -0.05) is 12.1 Å². The average molecular weight is 325 g/mol. The molecule has 23 heavy (non-hydrogen) atoms. The molecular weight excluding hydrogens is 307 g/mol. The number of carbonyl (C=O) groups excluding carboxylic acids is 1. The van der Waals surface area contributed by atoms with Gasteiger partial charge in [-0.25, -0.2) is 0 Å². The van der Waals surface area contributed by atoms with E-state index < -0.39 is 18.1 Å². The van der Waals surface area contributed by atoms with Crippen molar-refractivity contribution in [2.24, 2.45) is 0 Å². The van der Waals surface area contributed by atoms with Crippen molar-refractivity contribution in [1.82, 2.24) is 10.2 Å². The van der Waals surface area contributed by atoms with Crippen LogP contribution in [0.3, 0.4) is 0 Å². The molecule has 0 bridgehead atoms. The second kappa shape index (κ2) is 4.91. The van der Waals surface area contributed by atoms with Gasteiger partial charge in [0.2, 0.25) is 5.91 Å². The molecule has 1 amide bonds. The van der Waals surface area contributed by atoms with Crippen molar-refractivity contribution in [3.05, 3.63) is 35.5 Å². The molecule has 0 aromatic heterocycles. The lowest BCUT2D eigenvalue weighted by atomic mass is 9.86. The van der Waals surface area contributed by atoms with Crippen LogP contribution in [0.25, 0.3) is 5.70 Å². The summed E-state index contributed by atoms with van der Waals surface area (Å²) >= 11 is 0. The van der Waals surface area contributed by atoms with Gasteiger partial charge < -0.3 is 15.1 Å². The number of alkyl halides is 3. The van der Waals surface area contributed by atoms with Crippen molar-refractivity contribution < 1.29 is 18.0 Å². The first kappa shape index (κ1) is 15.7. The molecule has 0 atom stereocenters. The number of carbonyl (C=O) groups is 1. The van der Waals surface area contributed by atoms with Crippen LogP contribution < -0.4 is 10.2 Å². The minimum Gasteiger partial charge on any atom is -0.366 e. The molecule has 1 aromatic rings. The van der Waals surface area contributed by atoms with Crippen LogP contribution in [0.1, 0.15) is 25.0 Å². The van der Waals surface area contributed by atoms with Gasteiger partial charge in [-0.3, -0.25) is 4.79 Å². The zero-order chi connectivity index (χ0) is 17.0. The lowest BCUT2D eigenvalue weighted by Crippen LogP contribution is -2.33. The summed E-state index contributed by atoms with van der Waals surface area (Å²) in [5, 5.41) is 2.97. The Hall–Kier alpha value is -2.18. The van der Waals surface area contributed by atoms with Crippen LogP contribution in [-0.4, -0.2) is 37.2 Å². The molecule has 0 unspecified atom stereocenters. The van der Waals surface area contributed by atoms with E-state index in [-0.39, 0.29) is 12.6 Å². The smallest absolute Gasteiger partial charge is 0.366 e. The highest BCUT2D eigenvalue weighted by Gasteiger charge is 2.42. The van der Waals surface area contributed by atoms with Crippen molar-refractivity contribution in [3.63, 3.8) is 0 Å². The van der Waals surface area contributed by atoms with Crippen molar-refractivity contribution in [2.45, 2.75) is 25.4 Å². The van der Waals surface area contributed by atoms with Crippen LogP contribution in [0.2, 0.25) is 0 Å². The molecular formula is C16H18F3N3O. The minimum absolute atomic E-state index is 0.0108. The maximum atomic E-state index is 12.5. The molecule has 1 aromatic carbocycles. The summed E-state index contributed by atoms with van der Waals surface area (Å²) in [7, 11) is 1.71. The highest BCUT2D eigenvalue weighted by atomic mass is 19.4. The van der Waals surface area contributed by atoms with Gasteiger partial charge in [0.25, 0.3) is 0 Å². The first-order valence-corrected chi connectivity index (χ1v) is 7.29. The summed E-state index contributed by atoms with van der Waals surface area (Å²) in [6.07, 6.45) is -2.76. The van der Waals surface area contributed by atoms with Gasteiger partial charge >= 0.3 is 6.18 Å². The summed E-state index contributed by atoms with van der Waals surface area (Å²) in [6, 6.07) is 5.56. The van der Waals surface area contributed by atoms with E-state index in [1.54, 1.807) is 11.9 Å². The molecule has 2 heterocycles. The van der Waals surface area contributed by atoms with Gasteiger partial charge in [-0.05, 0) is 25.5 Å². The Kier molecular flexibility index (Phi) is 3.35. The van der Waals surface area contributed by atoms with Crippen LogP contribution in [0.4, 0.5) is 18.9 Å². The van der Waals surface area contributed by atoms with Gasteiger partial charge in [-0.15, -0.1) is 0 Å². The summed E-state index contributed by atoms with van der Waals surface area (Å²) in [6.45, 7) is 2.87. The summed E-state index contributed by atoms with van der Waals surface area (Å²) in [5.41, 5.74) is 2.55. The molecule has 3 rings (SSSR count). The van der Waals surface area contributed by atoms with Crippen molar-refractivity contribution in [3.8, 4) is 0 Å². The normalized spacial score (nSPS) is 19.7. The number of anilines is 1. The second-order valence-electron chi connectivity index (χ2n) is 6.46. The third kappa shape index (κ3) is 2.64. The standard InChI is InChI=1S/C16H18F3N3O/c1-15(2)11-5-4-10(6-13(11)21(3)14(15)23)12-7-22(9-20-12)8-16(17,18)19/h4-7,20H,8-9H2,1-3H3. The van der Waals surface area contributed by atoms with Gasteiger partial charge in [-0.2, -0.15) is 13.2 Å². The van der Waals surface area contributed by atoms with Crippen molar-refractivity contribution in [2.75, 3.05) is 25.2 Å². The van der Waals surface area contributed by atoms with E-state index in [9.17, 15) is 18.0 Å². The predicted molar refractivity (Wildman–Crippen MR) is 81.6 cm³/mol. The number of rotatable bonds is 2. The number of likely N-dealkylation sites (N-methyl/N-ethyl adjacent to an activating group) is 1. The number of amides is 1. The zero-order valence-corrected chi connectivity index (χ0v) is 13.2. The van der Waals surface area contributed by atoms with E-state index in [4.69, 9.17) is 0 Å². The van der Waals surface area contributed by atoms with Crippen molar-refractivity contribution >= 4 is 17.3 Å². The minimum atomic E-state index is -4.23. The topological polar surface area (TPSA) is 35.6 Å². The van der Waals surface area contributed by atoms with Crippen LogP contribution >= 0.6 is 0 Å².